The van der Waals surface area contributed by atoms with E-state index < -0.39 is 10.0 Å². The van der Waals surface area contributed by atoms with Crippen LogP contribution >= 0.6 is 23.2 Å². The van der Waals surface area contributed by atoms with Crippen molar-refractivity contribution in [2.45, 2.75) is 4.90 Å². The number of fused-ring (bicyclic) bond motifs is 1. The van der Waals surface area contributed by atoms with Crippen molar-refractivity contribution >= 4 is 49.7 Å². The molecule has 0 aliphatic heterocycles. The summed E-state index contributed by atoms with van der Waals surface area (Å²) in [6.45, 7) is 0. The highest BCUT2D eigenvalue weighted by Crippen LogP contribution is 2.27. The minimum Gasteiger partial charge on any atom is -0.279 e. The third kappa shape index (κ3) is 3.04. The molecule has 0 fully saturated rings. The van der Waals surface area contributed by atoms with Gasteiger partial charge in [-0.2, -0.15) is 0 Å². The highest BCUT2D eigenvalue weighted by atomic mass is 35.5. The van der Waals surface area contributed by atoms with E-state index in [2.05, 4.69) is 4.72 Å². The van der Waals surface area contributed by atoms with Crippen molar-refractivity contribution in [3.05, 3.63) is 70.7 Å². The summed E-state index contributed by atoms with van der Waals surface area (Å²) in [6, 6.07) is 17.2. The first kappa shape index (κ1) is 15.2. The first-order valence-electron chi connectivity index (χ1n) is 6.42. The molecule has 0 unspecified atom stereocenters. The lowest BCUT2D eigenvalue weighted by Crippen LogP contribution is -2.13. The van der Waals surface area contributed by atoms with E-state index in [0.717, 1.165) is 10.8 Å². The van der Waals surface area contributed by atoms with Crippen molar-refractivity contribution < 1.29 is 8.42 Å². The molecule has 0 bridgehead atoms. The van der Waals surface area contributed by atoms with Crippen LogP contribution in [-0.4, -0.2) is 8.42 Å². The van der Waals surface area contributed by atoms with Gasteiger partial charge in [-0.05, 0) is 29.7 Å². The van der Waals surface area contributed by atoms with Crippen LogP contribution in [0.15, 0.2) is 65.6 Å². The molecule has 6 heteroatoms. The second kappa shape index (κ2) is 5.80. The van der Waals surface area contributed by atoms with Crippen molar-refractivity contribution in [2.75, 3.05) is 4.72 Å². The summed E-state index contributed by atoms with van der Waals surface area (Å²) in [4.78, 5) is 0.0259. The number of benzene rings is 3. The minimum absolute atomic E-state index is 0.0259. The van der Waals surface area contributed by atoms with Crippen LogP contribution in [0.25, 0.3) is 10.8 Å². The Balaban J connectivity index is 2.07. The third-order valence-electron chi connectivity index (χ3n) is 3.18. The average molecular weight is 352 g/mol. The van der Waals surface area contributed by atoms with Gasteiger partial charge in [0.05, 0.1) is 10.6 Å². The van der Waals surface area contributed by atoms with E-state index in [9.17, 15) is 8.42 Å². The molecule has 0 aliphatic carbocycles. The van der Waals surface area contributed by atoms with E-state index >= 15 is 0 Å². The van der Waals surface area contributed by atoms with Crippen molar-refractivity contribution in [3.8, 4) is 0 Å². The van der Waals surface area contributed by atoms with Crippen LogP contribution in [0.5, 0.6) is 0 Å². The number of hydrogen-bond donors (Lipinski definition) is 1. The van der Waals surface area contributed by atoms with Crippen molar-refractivity contribution in [2.24, 2.45) is 0 Å². The number of nitrogens with one attached hydrogen (secondary N) is 1. The molecule has 0 heterocycles. The van der Waals surface area contributed by atoms with Crippen molar-refractivity contribution in [3.63, 3.8) is 0 Å². The van der Waals surface area contributed by atoms with Gasteiger partial charge in [0.15, 0.2) is 0 Å². The maximum atomic E-state index is 12.5. The predicted octanol–water partition coefficient (Wildman–Crippen LogP) is 4.95. The SMILES string of the molecule is O=S(=O)(Nc1cccc2ccccc12)c1cc(Cl)cc(Cl)c1. The molecule has 112 valence electrons. The molecule has 0 amide bonds. The van der Waals surface area contributed by atoms with Gasteiger partial charge >= 0.3 is 0 Å². The smallest absolute Gasteiger partial charge is 0.262 e. The van der Waals surface area contributed by atoms with Crippen LogP contribution in [0.1, 0.15) is 0 Å². The summed E-state index contributed by atoms with van der Waals surface area (Å²) in [5.41, 5.74) is 0.509. The molecular formula is C16H11Cl2NO2S. The largest absolute Gasteiger partial charge is 0.279 e. The van der Waals surface area contributed by atoms with Crippen molar-refractivity contribution in [1.82, 2.24) is 0 Å². The Hall–Kier alpha value is -1.75. The zero-order valence-electron chi connectivity index (χ0n) is 11.3. The molecule has 0 atom stereocenters. The minimum atomic E-state index is -3.77. The lowest BCUT2D eigenvalue weighted by Gasteiger charge is -2.11. The van der Waals surface area contributed by atoms with Gasteiger partial charge in [-0.15, -0.1) is 0 Å². The van der Waals surface area contributed by atoms with Crippen LogP contribution in [0.2, 0.25) is 10.0 Å². The van der Waals surface area contributed by atoms with Gasteiger partial charge in [0.2, 0.25) is 0 Å². The van der Waals surface area contributed by atoms with E-state index in [-0.39, 0.29) is 14.9 Å². The molecule has 0 saturated carbocycles. The first-order chi connectivity index (χ1) is 10.5. The summed E-state index contributed by atoms with van der Waals surface area (Å²) in [5, 5.41) is 2.31. The first-order valence-corrected chi connectivity index (χ1v) is 8.66. The van der Waals surface area contributed by atoms with Gasteiger partial charge in [-0.25, -0.2) is 8.42 Å². The van der Waals surface area contributed by atoms with E-state index in [1.165, 1.54) is 18.2 Å². The zero-order valence-corrected chi connectivity index (χ0v) is 13.6. The molecule has 3 aromatic carbocycles. The normalized spacial score (nSPS) is 11.5. The van der Waals surface area contributed by atoms with Crippen LogP contribution in [0, 0.1) is 0 Å². The molecule has 0 spiro atoms. The molecule has 0 radical (unpaired) electrons. The maximum Gasteiger partial charge on any atom is 0.262 e. The van der Waals surface area contributed by atoms with E-state index in [1.807, 2.05) is 30.3 Å². The molecule has 22 heavy (non-hydrogen) atoms. The molecule has 0 aromatic heterocycles. The number of sulfonamides is 1. The topological polar surface area (TPSA) is 46.2 Å². The summed E-state index contributed by atoms with van der Waals surface area (Å²) < 4.78 is 27.6. The number of rotatable bonds is 3. The molecule has 1 N–H and O–H groups in total. The van der Waals surface area contributed by atoms with Crippen LogP contribution in [0.3, 0.4) is 0 Å². The number of anilines is 1. The molecular weight excluding hydrogens is 341 g/mol. The van der Waals surface area contributed by atoms with E-state index in [4.69, 9.17) is 23.2 Å². The van der Waals surface area contributed by atoms with Gasteiger partial charge in [0.25, 0.3) is 10.0 Å². The second-order valence-electron chi connectivity index (χ2n) is 4.74. The summed E-state index contributed by atoms with van der Waals surface area (Å²) in [6.07, 6.45) is 0. The lowest BCUT2D eigenvalue weighted by molar-refractivity contribution is 0.601. The van der Waals surface area contributed by atoms with E-state index in [0.29, 0.717) is 5.69 Å². The van der Waals surface area contributed by atoms with Crippen LogP contribution < -0.4 is 4.72 Å². The van der Waals surface area contributed by atoms with Gasteiger partial charge in [-0.3, -0.25) is 4.72 Å². The lowest BCUT2D eigenvalue weighted by atomic mass is 10.1. The fraction of sp³-hybridized carbons (Fsp3) is 0. The molecule has 3 aromatic rings. The molecule has 3 nitrogen and oxygen atoms in total. The van der Waals surface area contributed by atoms with Gasteiger partial charge < -0.3 is 0 Å². The Morgan fingerprint density at radius 3 is 2.18 bits per heavy atom. The van der Waals surface area contributed by atoms with Gasteiger partial charge in [0.1, 0.15) is 0 Å². The Morgan fingerprint density at radius 1 is 0.818 bits per heavy atom. The molecule has 3 rings (SSSR count). The Morgan fingerprint density at radius 2 is 1.45 bits per heavy atom. The highest BCUT2D eigenvalue weighted by Gasteiger charge is 2.16. The molecule has 0 aliphatic rings. The highest BCUT2D eigenvalue weighted by molar-refractivity contribution is 7.92. The zero-order chi connectivity index (χ0) is 15.7. The standard InChI is InChI=1S/C16H11Cl2NO2S/c17-12-8-13(18)10-14(9-12)22(20,21)19-16-7-3-5-11-4-1-2-6-15(11)16/h1-10,19H. The number of halogens is 2. The van der Waals surface area contributed by atoms with E-state index in [1.54, 1.807) is 12.1 Å². The maximum absolute atomic E-state index is 12.5. The summed E-state index contributed by atoms with van der Waals surface area (Å²) in [5.74, 6) is 0. The second-order valence-corrected chi connectivity index (χ2v) is 7.29. The number of hydrogen-bond acceptors (Lipinski definition) is 2. The molecule has 0 saturated heterocycles. The summed E-state index contributed by atoms with van der Waals surface area (Å²) >= 11 is 11.8. The fourth-order valence-corrected chi connectivity index (χ4v) is 4.01. The summed E-state index contributed by atoms with van der Waals surface area (Å²) in [7, 11) is -3.77. The predicted molar refractivity (Wildman–Crippen MR) is 91.2 cm³/mol. The third-order valence-corrected chi connectivity index (χ3v) is 4.96. The van der Waals surface area contributed by atoms with Gasteiger partial charge in [-0.1, -0.05) is 59.6 Å². The van der Waals surface area contributed by atoms with Crippen LogP contribution in [0.4, 0.5) is 5.69 Å². The Bertz CT molecular complexity index is 930. The van der Waals surface area contributed by atoms with Crippen LogP contribution in [-0.2, 0) is 10.0 Å². The fourth-order valence-electron chi connectivity index (χ4n) is 2.20. The Labute approximate surface area is 138 Å². The monoisotopic (exact) mass is 351 g/mol. The van der Waals surface area contributed by atoms with Gasteiger partial charge in [0, 0.05) is 15.4 Å². The quantitative estimate of drug-likeness (QED) is 0.725. The Kier molecular flexibility index (Phi) is 4.00. The van der Waals surface area contributed by atoms with Crippen molar-refractivity contribution in [1.29, 1.82) is 0 Å². The average Bonchev–Trinajstić information content (AvgIpc) is 2.46.